The van der Waals surface area contributed by atoms with Crippen LogP contribution >= 0.6 is 22.9 Å². The highest BCUT2D eigenvalue weighted by Crippen LogP contribution is 2.33. The molecule has 31 heavy (non-hydrogen) atoms. The molecule has 0 aliphatic carbocycles. The zero-order valence-electron chi connectivity index (χ0n) is 16.0. The summed E-state index contributed by atoms with van der Waals surface area (Å²) in [5.41, 5.74) is 0.424. The number of carbonyl (C=O) groups excluding carboxylic acids is 1. The Bertz CT molecular complexity index is 1240. The third kappa shape index (κ3) is 4.98. The van der Waals surface area contributed by atoms with Crippen LogP contribution in [0.5, 0.6) is 0 Å². The molecule has 3 rings (SSSR count). The van der Waals surface area contributed by atoms with Gasteiger partial charge in [-0.25, -0.2) is 23.1 Å². The van der Waals surface area contributed by atoms with E-state index >= 15 is 0 Å². The van der Waals surface area contributed by atoms with Crippen LogP contribution in [0.1, 0.15) is 22.6 Å². The third-order valence-corrected chi connectivity index (χ3v) is 6.97. The highest BCUT2D eigenvalue weighted by molar-refractivity contribution is 7.89. The van der Waals surface area contributed by atoms with Crippen molar-refractivity contribution in [3.05, 3.63) is 59.5 Å². The molecule has 1 amide bonds. The van der Waals surface area contributed by atoms with E-state index in [9.17, 15) is 22.0 Å². The predicted molar refractivity (Wildman–Crippen MR) is 114 cm³/mol. The van der Waals surface area contributed by atoms with Gasteiger partial charge in [-0.15, -0.1) is 6.58 Å². The van der Waals surface area contributed by atoms with E-state index in [1.165, 1.54) is 24.4 Å². The standard InChI is InChI=1S/C18H16ClF2N5O3S2/c1-3-6-23-31(28,29)13-9-11(4-5-12(13)19)16(27)25-18-24-10(2)14(30-18)15-22-7-8-26(15)17(20)21/h3-5,7-9,17,23H,1,6H2,2H3,(H,24,25,27). The number of nitrogens with one attached hydrogen (secondary N) is 2. The van der Waals surface area contributed by atoms with Crippen LogP contribution in [0.4, 0.5) is 13.9 Å². The van der Waals surface area contributed by atoms with Crippen molar-refractivity contribution in [2.45, 2.75) is 18.4 Å². The molecule has 0 unspecified atom stereocenters. The summed E-state index contributed by atoms with van der Waals surface area (Å²) >= 11 is 6.96. The zero-order chi connectivity index (χ0) is 22.8. The number of aromatic nitrogens is 3. The minimum absolute atomic E-state index is 0.00929. The summed E-state index contributed by atoms with van der Waals surface area (Å²) in [4.78, 5) is 20.9. The summed E-state index contributed by atoms with van der Waals surface area (Å²) in [6, 6.07) is 3.78. The van der Waals surface area contributed by atoms with Gasteiger partial charge in [0.05, 0.1) is 15.6 Å². The molecule has 0 aliphatic heterocycles. The van der Waals surface area contributed by atoms with E-state index in [1.807, 2.05) is 0 Å². The van der Waals surface area contributed by atoms with Crippen LogP contribution in [-0.4, -0.2) is 35.4 Å². The molecule has 1 aromatic carbocycles. The van der Waals surface area contributed by atoms with E-state index in [0.29, 0.717) is 15.1 Å². The molecule has 2 aromatic heterocycles. The van der Waals surface area contributed by atoms with Gasteiger partial charge in [0.1, 0.15) is 4.90 Å². The maximum atomic E-state index is 13.1. The summed E-state index contributed by atoms with van der Waals surface area (Å²) in [6.07, 6.45) is 3.76. The van der Waals surface area contributed by atoms with Gasteiger partial charge in [0.15, 0.2) is 11.0 Å². The quantitative estimate of drug-likeness (QED) is 0.466. The Labute approximate surface area is 185 Å². The molecular weight excluding hydrogens is 472 g/mol. The van der Waals surface area contributed by atoms with Gasteiger partial charge >= 0.3 is 6.55 Å². The molecule has 0 saturated heterocycles. The number of alkyl halides is 2. The summed E-state index contributed by atoms with van der Waals surface area (Å²) in [7, 11) is -3.96. The monoisotopic (exact) mass is 487 g/mol. The molecule has 0 atom stereocenters. The Morgan fingerprint density at radius 2 is 2.16 bits per heavy atom. The number of rotatable bonds is 8. The highest BCUT2D eigenvalue weighted by atomic mass is 35.5. The first kappa shape index (κ1) is 23.0. The van der Waals surface area contributed by atoms with Gasteiger partial charge in [0.25, 0.3) is 5.91 Å². The van der Waals surface area contributed by atoms with Crippen LogP contribution < -0.4 is 10.0 Å². The lowest BCUT2D eigenvalue weighted by Crippen LogP contribution is -2.24. The predicted octanol–water partition coefficient (Wildman–Crippen LogP) is 4.08. The van der Waals surface area contributed by atoms with Crippen molar-refractivity contribution in [3.8, 4) is 10.7 Å². The number of aryl methyl sites for hydroxylation is 1. The number of imidazole rings is 1. The van der Waals surface area contributed by atoms with Gasteiger partial charge in [0, 0.05) is 24.5 Å². The molecule has 0 saturated carbocycles. The molecule has 0 bridgehead atoms. The zero-order valence-corrected chi connectivity index (χ0v) is 18.4. The first-order chi connectivity index (χ1) is 14.6. The van der Waals surface area contributed by atoms with Crippen molar-refractivity contribution in [1.29, 1.82) is 0 Å². The highest BCUT2D eigenvalue weighted by Gasteiger charge is 2.22. The Kier molecular flexibility index (Phi) is 6.84. The Morgan fingerprint density at radius 3 is 2.84 bits per heavy atom. The normalized spacial score (nSPS) is 11.6. The van der Waals surface area contributed by atoms with Crippen LogP contribution in [0.2, 0.25) is 5.02 Å². The van der Waals surface area contributed by atoms with Crippen LogP contribution in [-0.2, 0) is 10.0 Å². The fourth-order valence-electron chi connectivity index (χ4n) is 2.57. The van der Waals surface area contributed by atoms with Crippen molar-refractivity contribution in [3.63, 3.8) is 0 Å². The number of nitrogens with zero attached hydrogens (tertiary/aromatic N) is 3. The smallest absolute Gasteiger partial charge is 0.298 e. The molecule has 13 heteroatoms. The second-order valence-corrected chi connectivity index (χ2v) is 9.25. The van der Waals surface area contributed by atoms with E-state index in [2.05, 4.69) is 26.6 Å². The van der Waals surface area contributed by atoms with Gasteiger partial charge in [-0.1, -0.05) is 29.0 Å². The molecule has 0 spiro atoms. The van der Waals surface area contributed by atoms with E-state index in [1.54, 1.807) is 6.92 Å². The number of anilines is 1. The van der Waals surface area contributed by atoms with Gasteiger partial charge in [-0.2, -0.15) is 8.78 Å². The summed E-state index contributed by atoms with van der Waals surface area (Å²) in [6.45, 7) is 2.25. The number of sulfonamides is 1. The third-order valence-electron chi connectivity index (χ3n) is 4.00. The molecule has 8 nitrogen and oxygen atoms in total. The Morgan fingerprint density at radius 1 is 1.42 bits per heavy atom. The van der Waals surface area contributed by atoms with Crippen LogP contribution in [0, 0.1) is 6.92 Å². The first-order valence-electron chi connectivity index (χ1n) is 8.64. The SMILES string of the molecule is C=CCNS(=O)(=O)c1cc(C(=O)Nc2nc(C)c(-c3nccn3C(F)F)s2)ccc1Cl. The Hall–Kier alpha value is -2.67. The van der Waals surface area contributed by atoms with Gasteiger partial charge in [-0.05, 0) is 25.1 Å². The molecule has 2 heterocycles. The molecule has 164 valence electrons. The second kappa shape index (κ2) is 9.22. The average molecular weight is 488 g/mol. The lowest BCUT2D eigenvalue weighted by Gasteiger charge is -2.09. The van der Waals surface area contributed by atoms with Crippen molar-refractivity contribution >= 4 is 44.0 Å². The Balaban J connectivity index is 1.87. The maximum absolute atomic E-state index is 13.1. The molecule has 3 aromatic rings. The van der Waals surface area contributed by atoms with Crippen LogP contribution in [0.3, 0.4) is 0 Å². The van der Waals surface area contributed by atoms with Gasteiger partial charge in [0.2, 0.25) is 10.0 Å². The summed E-state index contributed by atoms with van der Waals surface area (Å²) < 4.78 is 53.9. The van der Waals surface area contributed by atoms with Crippen molar-refractivity contribution < 1.29 is 22.0 Å². The van der Waals surface area contributed by atoms with Crippen molar-refractivity contribution in [2.24, 2.45) is 0 Å². The number of hydrogen-bond donors (Lipinski definition) is 2. The molecule has 0 fully saturated rings. The molecule has 2 N–H and O–H groups in total. The van der Waals surface area contributed by atoms with E-state index in [4.69, 9.17) is 11.6 Å². The number of hydrogen-bond acceptors (Lipinski definition) is 6. The van der Waals surface area contributed by atoms with Gasteiger partial charge < -0.3 is 0 Å². The lowest BCUT2D eigenvalue weighted by molar-refractivity contribution is 0.0720. The van der Waals surface area contributed by atoms with Crippen LogP contribution in [0.15, 0.2) is 48.1 Å². The van der Waals surface area contributed by atoms with Crippen molar-refractivity contribution in [1.82, 2.24) is 19.3 Å². The fourth-order valence-corrected chi connectivity index (χ4v) is 5.05. The number of amides is 1. The van der Waals surface area contributed by atoms with Gasteiger partial charge in [-0.3, -0.25) is 14.7 Å². The summed E-state index contributed by atoms with van der Waals surface area (Å²) in [5.74, 6) is -0.618. The van der Waals surface area contributed by atoms with E-state index < -0.39 is 22.5 Å². The number of thiazole rings is 1. The molecule has 0 aliphatic rings. The maximum Gasteiger partial charge on any atom is 0.320 e. The second-order valence-electron chi connectivity index (χ2n) is 6.11. The molecule has 0 radical (unpaired) electrons. The number of benzene rings is 1. The topological polar surface area (TPSA) is 106 Å². The number of halogens is 3. The largest absolute Gasteiger partial charge is 0.320 e. The molecular formula is C18H16ClF2N5O3S2. The van der Waals surface area contributed by atoms with Crippen LogP contribution in [0.25, 0.3) is 10.7 Å². The fraction of sp³-hybridized carbons (Fsp3) is 0.167. The average Bonchev–Trinajstić information content (AvgIpc) is 3.33. The lowest BCUT2D eigenvalue weighted by atomic mass is 10.2. The summed E-state index contributed by atoms with van der Waals surface area (Å²) in [5, 5.41) is 2.63. The van der Waals surface area contributed by atoms with E-state index in [-0.39, 0.29) is 33.0 Å². The minimum atomic E-state index is -3.96. The van der Waals surface area contributed by atoms with Crippen molar-refractivity contribution in [2.75, 3.05) is 11.9 Å². The number of carbonyl (C=O) groups is 1. The minimum Gasteiger partial charge on any atom is -0.298 e. The van der Waals surface area contributed by atoms with E-state index in [0.717, 1.165) is 23.6 Å². The first-order valence-corrected chi connectivity index (χ1v) is 11.3.